The Morgan fingerprint density at radius 2 is 2.11 bits per heavy atom. The summed E-state index contributed by atoms with van der Waals surface area (Å²) in [5.41, 5.74) is -0.0875. The fourth-order valence-electron chi connectivity index (χ4n) is 2.43. The molecule has 134 valence electrons. The van der Waals surface area contributed by atoms with Crippen LogP contribution in [0.2, 0.25) is 5.02 Å². The summed E-state index contributed by atoms with van der Waals surface area (Å²) in [5.74, 6) is -0.557. The molecule has 0 fully saturated rings. The number of carbonyl (C=O) groups excluding carboxylic acids is 1. The molecule has 1 aromatic heterocycles. The van der Waals surface area contributed by atoms with Crippen molar-refractivity contribution in [2.24, 2.45) is 0 Å². The highest BCUT2D eigenvalue weighted by molar-refractivity contribution is 6.31. The number of nitrogens with zero attached hydrogens (tertiary/aromatic N) is 4. The molecule has 0 atom stereocenters. The van der Waals surface area contributed by atoms with Crippen molar-refractivity contribution in [1.82, 2.24) is 9.55 Å². The summed E-state index contributed by atoms with van der Waals surface area (Å²) >= 11 is 5.87. The number of hydrogen-bond donors (Lipinski definition) is 1. The normalized spacial score (nSPS) is 10.4. The molecule has 27 heavy (non-hydrogen) atoms. The molecule has 0 aliphatic rings. The zero-order chi connectivity index (χ0) is 19.6. The summed E-state index contributed by atoms with van der Waals surface area (Å²) in [7, 11) is 0. The number of benzene rings is 2. The first kappa shape index (κ1) is 18.0. The maximum atomic E-state index is 12.5. The lowest BCUT2D eigenvalue weighted by atomic mass is 10.2. The van der Waals surface area contributed by atoms with Crippen LogP contribution in [0.25, 0.3) is 10.9 Å². The molecule has 0 saturated carbocycles. The van der Waals surface area contributed by atoms with Crippen molar-refractivity contribution in [3.63, 3.8) is 0 Å². The van der Waals surface area contributed by atoms with Crippen molar-refractivity contribution in [2.45, 2.75) is 6.54 Å². The van der Waals surface area contributed by atoms with Crippen LogP contribution in [0.1, 0.15) is 5.56 Å². The Bertz CT molecular complexity index is 1180. The SMILES string of the molecule is N#Cc1ccc(Cl)cc1NC(=O)Cn1cnc2cc([N+](=O)[O-])ccc2c1=O. The second-order valence-corrected chi connectivity index (χ2v) is 5.92. The molecule has 3 rings (SSSR count). The van der Waals surface area contributed by atoms with E-state index in [4.69, 9.17) is 16.9 Å². The average Bonchev–Trinajstić information content (AvgIpc) is 2.64. The first-order chi connectivity index (χ1) is 12.9. The number of hydrogen-bond acceptors (Lipinski definition) is 6. The number of amides is 1. The molecule has 3 aromatic rings. The Hall–Kier alpha value is -3.77. The second-order valence-electron chi connectivity index (χ2n) is 5.49. The number of non-ortho nitro benzene ring substituents is 1. The summed E-state index contributed by atoms with van der Waals surface area (Å²) in [6.45, 7) is -0.351. The summed E-state index contributed by atoms with van der Waals surface area (Å²) in [4.78, 5) is 38.9. The van der Waals surface area contributed by atoms with Gasteiger partial charge in [0.2, 0.25) is 5.91 Å². The van der Waals surface area contributed by atoms with Gasteiger partial charge in [0, 0.05) is 17.2 Å². The number of anilines is 1. The third kappa shape index (κ3) is 3.75. The Labute approximate surface area is 156 Å². The fourth-order valence-corrected chi connectivity index (χ4v) is 2.61. The monoisotopic (exact) mass is 383 g/mol. The van der Waals surface area contributed by atoms with Gasteiger partial charge in [-0.1, -0.05) is 11.6 Å². The molecule has 0 unspecified atom stereocenters. The Balaban J connectivity index is 1.87. The number of nitro groups is 1. The summed E-state index contributed by atoms with van der Waals surface area (Å²) in [6, 6.07) is 10.0. The molecule has 10 heteroatoms. The van der Waals surface area contributed by atoms with Gasteiger partial charge in [-0.2, -0.15) is 5.26 Å². The van der Waals surface area contributed by atoms with E-state index in [1.165, 1.54) is 36.4 Å². The van der Waals surface area contributed by atoms with Crippen LogP contribution in [0.15, 0.2) is 47.5 Å². The molecule has 0 radical (unpaired) electrons. The molecule has 2 aromatic carbocycles. The van der Waals surface area contributed by atoms with Gasteiger partial charge in [0.15, 0.2) is 0 Å². The largest absolute Gasteiger partial charge is 0.323 e. The van der Waals surface area contributed by atoms with E-state index in [1.807, 2.05) is 6.07 Å². The highest BCUT2D eigenvalue weighted by Crippen LogP contribution is 2.20. The van der Waals surface area contributed by atoms with Crippen molar-refractivity contribution in [1.29, 1.82) is 5.26 Å². The van der Waals surface area contributed by atoms with E-state index in [9.17, 15) is 19.7 Å². The average molecular weight is 384 g/mol. The molecular weight excluding hydrogens is 374 g/mol. The Morgan fingerprint density at radius 1 is 1.33 bits per heavy atom. The predicted octanol–water partition coefficient (Wildman–Crippen LogP) is 2.47. The van der Waals surface area contributed by atoms with Crippen LogP contribution in [0.3, 0.4) is 0 Å². The lowest BCUT2D eigenvalue weighted by Crippen LogP contribution is -2.28. The smallest absolute Gasteiger partial charge is 0.271 e. The van der Waals surface area contributed by atoms with E-state index in [-0.39, 0.29) is 34.4 Å². The standard InChI is InChI=1S/C17H10ClN5O4/c18-11-2-1-10(7-19)14(5-11)21-16(24)8-22-9-20-15-6-12(23(26)27)3-4-13(15)17(22)25/h1-6,9H,8H2,(H,21,24). The molecule has 1 N–H and O–H groups in total. The van der Waals surface area contributed by atoms with Crippen molar-refractivity contribution in [2.75, 3.05) is 5.32 Å². The Morgan fingerprint density at radius 3 is 2.81 bits per heavy atom. The third-order valence-corrected chi connectivity index (χ3v) is 3.94. The molecule has 0 bridgehead atoms. The van der Waals surface area contributed by atoms with E-state index in [2.05, 4.69) is 10.3 Å². The summed E-state index contributed by atoms with van der Waals surface area (Å²) in [5, 5.41) is 22.9. The van der Waals surface area contributed by atoms with Crippen LogP contribution >= 0.6 is 11.6 Å². The topological polar surface area (TPSA) is 131 Å². The summed E-state index contributed by atoms with van der Waals surface area (Å²) < 4.78 is 1.07. The van der Waals surface area contributed by atoms with E-state index in [1.54, 1.807) is 0 Å². The lowest BCUT2D eigenvalue weighted by molar-refractivity contribution is -0.384. The van der Waals surface area contributed by atoms with E-state index in [0.717, 1.165) is 10.9 Å². The van der Waals surface area contributed by atoms with Gasteiger partial charge in [0.05, 0.1) is 33.4 Å². The van der Waals surface area contributed by atoms with Gasteiger partial charge in [-0.15, -0.1) is 0 Å². The first-order valence-electron chi connectivity index (χ1n) is 7.52. The molecule has 0 spiro atoms. The molecule has 0 aliphatic carbocycles. The second kappa shape index (κ2) is 7.23. The molecule has 0 saturated heterocycles. The van der Waals surface area contributed by atoms with Crippen LogP contribution in [0, 0.1) is 21.4 Å². The maximum absolute atomic E-state index is 12.5. The number of nitrogens with one attached hydrogen (secondary N) is 1. The van der Waals surface area contributed by atoms with Gasteiger partial charge in [-0.05, 0) is 24.3 Å². The van der Waals surface area contributed by atoms with Gasteiger partial charge in [-0.3, -0.25) is 24.3 Å². The van der Waals surface area contributed by atoms with Gasteiger partial charge >= 0.3 is 0 Å². The number of carbonyl (C=O) groups is 1. The zero-order valence-corrected chi connectivity index (χ0v) is 14.3. The lowest BCUT2D eigenvalue weighted by Gasteiger charge is -2.09. The number of halogens is 1. The van der Waals surface area contributed by atoms with Gasteiger partial charge in [-0.25, -0.2) is 4.98 Å². The van der Waals surface area contributed by atoms with Crippen LogP contribution in [0.5, 0.6) is 0 Å². The minimum Gasteiger partial charge on any atom is -0.323 e. The van der Waals surface area contributed by atoms with E-state index >= 15 is 0 Å². The Kier molecular flexibility index (Phi) is 4.83. The van der Waals surface area contributed by atoms with Crippen molar-refractivity contribution in [3.05, 3.63) is 73.8 Å². The molecule has 1 heterocycles. The maximum Gasteiger partial charge on any atom is 0.271 e. The number of rotatable bonds is 4. The van der Waals surface area contributed by atoms with Gasteiger partial charge in [0.1, 0.15) is 12.6 Å². The minimum absolute atomic E-state index is 0.149. The third-order valence-electron chi connectivity index (χ3n) is 3.71. The highest BCUT2D eigenvalue weighted by Gasteiger charge is 2.13. The van der Waals surface area contributed by atoms with E-state index in [0.29, 0.717) is 5.02 Å². The van der Waals surface area contributed by atoms with Crippen LogP contribution in [-0.4, -0.2) is 20.4 Å². The van der Waals surface area contributed by atoms with Crippen LogP contribution < -0.4 is 10.9 Å². The number of fused-ring (bicyclic) bond motifs is 1. The predicted molar refractivity (Wildman–Crippen MR) is 97.5 cm³/mol. The van der Waals surface area contributed by atoms with E-state index < -0.39 is 16.4 Å². The van der Waals surface area contributed by atoms with Crippen molar-refractivity contribution in [3.8, 4) is 6.07 Å². The van der Waals surface area contributed by atoms with Crippen LogP contribution in [-0.2, 0) is 11.3 Å². The number of nitro benzene ring substituents is 1. The molecule has 1 amide bonds. The molecule has 0 aliphatic heterocycles. The van der Waals surface area contributed by atoms with Crippen molar-refractivity contribution >= 4 is 39.8 Å². The van der Waals surface area contributed by atoms with Gasteiger partial charge < -0.3 is 5.32 Å². The molecule has 9 nitrogen and oxygen atoms in total. The minimum atomic E-state index is -0.585. The quantitative estimate of drug-likeness (QED) is 0.543. The summed E-state index contributed by atoms with van der Waals surface area (Å²) in [6.07, 6.45) is 1.14. The zero-order valence-electron chi connectivity index (χ0n) is 13.5. The van der Waals surface area contributed by atoms with Gasteiger partial charge in [0.25, 0.3) is 11.2 Å². The first-order valence-corrected chi connectivity index (χ1v) is 7.90. The van der Waals surface area contributed by atoms with Crippen molar-refractivity contribution < 1.29 is 9.72 Å². The van der Waals surface area contributed by atoms with Crippen LogP contribution in [0.4, 0.5) is 11.4 Å². The molecular formula is C17H10ClN5O4. The number of aromatic nitrogens is 2. The fraction of sp³-hybridized carbons (Fsp3) is 0.0588. The number of nitriles is 1. The highest BCUT2D eigenvalue weighted by atomic mass is 35.5.